The molecule has 12 heavy (non-hydrogen) atoms. The number of rotatable bonds is 3. The fourth-order valence-electron chi connectivity index (χ4n) is 1.18. The van der Waals surface area contributed by atoms with Gasteiger partial charge in [-0.05, 0) is 32.6 Å². The molecule has 0 aromatic rings. The summed E-state index contributed by atoms with van der Waals surface area (Å²) < 4.78 is 0. The van der Waals surface area contributed by atoms with Gasteiger partial charge in [0.15, 0.2) is 0 Å². The lowest BCUT2D eigenvalue weighted by molar-refractivity contribution is 0.748. The normalized spacial score (nSPS) is 14.8. The fraction of sp³-hybridized carbons (Fsp3) is 0.667. The molecule has 0 amide bonds. The number of hydrogen-bond acceptors (Lipinski definition) is 0. The second kappa shape index (κ2) is 5.18. The monoisotopic (exact) mass is 166 g/mol. The van der Waals surface area contributed by atoms with Crippen molar-refractivity contribution in [3.05, 3.63) is 23.3 Å². The Labute approximate surface area is 77.4 Å². The van der Waals surface area contributed by atoms with E-state index < -0.39 is 0 Å². The van der Waals surface area contributed by atoms with Gasteiger partial charge in [0, 0.05) is 0 Å². The summed E-state index contributed by atoms with van der Waals surface area (Å²) in [4.78, 5) is 0. The van der Waals surface area contributed by atoms with Crippen molar-refractivity contribution in [3.8, 4) is 0 Å². The Hall–Kier alpha value is -0.520. The van der Waals surface area contributed by atoms with Gasteiger partial charge in [-0.1, -0.05) is 44.1 Å². The first kappa shape index (κ1) is 11.5. The molecule has 0 aliphatic carbocycles. The van der Waals surface area contributed by atoms with E-state index >= 15 is 0 Å². The highest BCUT2D eigenvalue weighted by atomic mass is 14.0. The van der Waals surface area contributed by atoms with E-state index in [1.54, 1.807) is 0 Å². The first-order valence-electron chi connectivity index (χ1n) is 4.76. The Morgan fingerprint density at radius 1 is 0.917 bits per heavy atom. The lowest BCUT2D eigenvalue weighted by Gasteiger charge is -2.07. The average molecular weight is 166 g/mol. The maximum absolute atomic E-state index is 2.34. The summed E-state index contributed by atoms with van der Waals surface area (Å²) in [5.41, 5.74) is 2.88. The van der Waals surface area contributed by atoms with Crippen molar-refractivity contribution in [2.75, 3.05) is 0 Å². The molecule has 0 aliphatic rings. The van der Waals surface area contributed by atoms with Crippen LogP contribution >= 0.6 is 0 Å². The number of allylic oxidation sites excluding steroid dienone is 4. The minimum atomic E-state index is 0.581. The fourth-order valence-corrected chi connectivity index (χ4v) is 1.18. The zero-order chi connectivity index (χ0) is 9.72. The summed E-state index contributed by atoms with van der Waals surface area (Å²) in [5.74, 6) is 1.26. The van der Waals surface area contributed by atoms with E-state index in [9.17, 15) is 0 Å². The summed E-state index contributed by atoms with van der Waals surface area (Å²) in [6.45, 7) is 13.2. The van der Waals surface area contributed by atoms with Gasteiger partial charge in [0.2, 0.25) is 0 Å². The summed E-state index contributed by atoms with van der Waals surface area (Å²) in [6, 6.07) is 0. The van der Waals surface area contributed by atoms with Crippen molar-refractivity contribution in [2.45, 2.75) is 41.5 Å². The molecule has 0 saturated heterocycles. The van der Waals surface area contributed by atoms with E-state index in [-0.39, 0.29) is 0 Å². The van der Waals surface area contributed by atoms with Crippen LogP contribution in [-0.4, -0.2) is 0 Å². The van der Waals surface area contributed by atoms with E-state index in [2.05, 4.69) is 53.7 Å². The van der Waals surface area contributed by atoms with E-state index in [1.165, 1.54) is 11.1 Å². The van der Waals surface area contributed by atoms with Crippen molar-refractivity contribution in [2.24, 2.45) is 11.8 Å². The van der Waals surface area contributed by atoms with Crippen LogP contribution < -0.4 is 0 Å². The highest BCUT2D eigenvalue weighted by Gasteiger charge is 1.98. The van der Waals surface area contributed by atoms with Crippen LogP contribution in [0.15, 0.2) is 23.3 Å². The third-order valence-corrected chi connectivity index (χ3v) is 2.03. The van der Waals surface area contributed by atoms with Crippen molar-refractivity contribution >= 4 is 0 Å². The van der Waals surface area contributed by atoms with Crippen molar-refractivity contribution in [1.82, 2.24) is 0 Å². The first-order valence-corrected chi connectivity index (χ1v) is 4.76. The SMILES string of the molecule is CC(C)=CC(C)/C=C(\C)C(C)C. The largest absolute Gasteiger partial charge is 0.0798 e. The van der Waals surface area contributed by atoms with Crippen molar-refractivity contribution in [1.29, 1.82) is 0 Å². The maximum Gasteiger partial charge on any atom is -0.00767 e. The quantitative estimate of drug-likeness (QED) is 0.551. The first-order chi connectivity index (χ1) is 5.43. The second-order valence-corrected chi connectivity index (χ2v) is 4.17. The van der Waals surface area contributed by atoms with Crippen LogP contribution in [0.25, 0.3) is 0 Å². The Kier molecular flexibility index (Phi) is 4.96. The third kappa shape index (κ3) is 5.17. The lowest BCUT2D eigenvalue weighted by atomic mass is 9.99. The van der Waals surface area contributed by atoms with E-state index in [0.29, 0.717) is 11.8 Å². The molecule has 0 spiro atoms. The Morgan fingerprint density at radius 3 is 1.75 bits per heavy atom. The summed E-state index contributed by atoms with van der Waals surface area (Å²) in [5, 5.41) is 0. The molecule has 0 aromatic heterocycles. The van der Waals surface area contributed by atoms with Crippen LogP contribution in [0.5, 0.6) is 0 Å². The molecule has 1 unspecified atom stereocenters. The van der Waals surface area contributed by atoms with Crippen LogP contribution in [0.4, 0.5) is 0 Å². The molecule has 0 aromatic carbocycles. The standard InChI is InChI=1S/C12H22/c1-9(2)7-11(5)8-12(6)10(3)4/h7-8,10-11H,1-6H3/b12-8+. The Bertz CT molecular complexity index is 178. The van der Waals surface area contributed by atoms with E-state index in [1.807, 2.05) is 0 Å². The zero-order valence-corrected chi connectivity index (χ0v) is 9.31. The highest BCUT2D eigenvalue weighted by molar-refractivity contribution is 5.10. The van der Waals surface area contributed by atoms with Gasteiger partial charge < -0.3 is 0 Å². The minimum Gasteiger partial charge on any atom is -0.0798 e. The van der Waals surface area contributed by atoms with Gasteiger partial charge in [-0.2, -0.15) is 0 Å². The molecule has 0 nitrogen and oxygen atoms in total. The molecular weight excluding hydrogens is 144 g/mol. The molecule has 1 atom stereocenters. The highest BCUT2D eigenvalue weighted by Crippen LogP contribution is 2.13. The van der Waals surface area contributed by atoms with Gasteiger partial charge in [-0.3, -0.25) is 0 Å². The van der Waals surface area contributed by atoms with Crippen LogP contribution in [0.3, 0.4) is 0 Å². The molecule has 0 fully saturated rings. The molecule has 70 valence electrons. The van der Waals surface area contributed by atoms with Gasteiger partial charge >= 0.3 is 0 Å². The molecule has 0 rings (SSSR count). The summed E-state index contributed by atoms with van der Waals surface area (Å²) in [6.07, 6.45) is 4.64. The van der Waals surface area contributed by atoms with Crippen LogP contribution in [0, 0.1) is 11.8 Å². The molecule has 0 aliphatic heterocycles. The van der Waals surface area contributed by atoms with Gasteiger partial charge in [0.05, 0.1) is 0 Å². The van der Waals surface area contributed by atoms with Gasteiger partial charge in [0.25, 0.3) is 0 Å². The van der Waals surface area contributed by atoms with Gasteiger partial charge in [-0.15, -0.1) is 0 Å². The van der Waals surface area contributed by atoms with Crippen molar-refractivity contribution in [3.63, 3.8) is 0 Å². The van der Waals surface area contributed by atoms with Crippen LogP contribution in [0.2, 0.25) is 0 Å². The molecule has 0 radical (unpaired) electrons. The minimum absolute atomic E-state index is 0.581. The number of hydrogen-bond donors (Lipinski definition) is 0. The topological polar surface area (TPSA) is 0 Å². The molecule has 0 heteroatoms. The van der Waals surface area contributed by atoms with Crippen LogP contribution in [-0.2, 0) is 0 Å². The van der Waals surface area contributed by atoms with E-state index in [4.69, 9.17) is 0 Å². The smallest absolute Gasteiger partial charge is 0.00767 e. The predicted octanol–water partition coefficient (Wildman–Crippen LogP) is 4.19. The van der Waals surface area contributed by atoms with Crippen LogP contribution in [0.1, 0.15) is 41.5 Å². The molecule has 0 saturated carbocycles. The van der Waals surface area contributed by atoms with E-state index in [0.717, 1.165) is 0 Å². The van der Waals surface area contributed by atoms with Gasteiger partial charge in [-0.25, -0.2) is 0 Å². The molecular formula is C12H22. The Balaban J connectivity index is 4.24. The second-order valence-electron chi connectivity index (χ2n) is 4.17. The lowest BCUT2D eigenvalue weighted by Crippen LogP contribution is -1.93. The molecule has 0 N–H and O–H groups in total. The summed E-state index contributed by atoms with van der Waals surface area (Å²) >= 11 is 0. The summed E-state index contributed by atoms with van der Waals surface area (Å²) in [7, 11) is 0. The predicted molar refractivity (Wildman–Crippen MR) is 57.2 cm³/mol. The molecule has 0 heterocycles. The Morgan fingerprint density at radius 2 is 1.42 bits per heavy atom. The maximum atomic E-state index is 2.34. The third-order valence-electron chi connectivity index (χ3n) is 2.03. The zero-order valence-electron chi connectivity index (χ0n) is 9.31. The average Bonchev–Trinajstić information content (AvgIpc) is 1.84. The van der Waals surface area contributed by atoms with Gasteiger partial charge in [0.1, 0.15) is 0 Å². The van der Waals surface area contributed by atoms with Crippen molar-refractivity contribution < 1.29 is 0 Å². The molecule has 0 bridgehead atoms.